The van der Waals surface area contributed by atoms with Gasteiger partial charge in [0.2, 0.25) is 15.9 Å². The van der Waals surface area contributed by atoms with Crippen LogP contribution in [0.1, 0.15) is 23.2 Å². The summed E-state index contributed by atoms with van der Waals surface area (Å²) in [6.07, 6.45) is 1.94. The second-order valence-electron chi connectivity index (χ2n) is 6.27. The second-order valence-corrected chi connectivity index (χ2v) is 8.25. The van der Waals surface area contributed by atoms with Crippen LogP contribution in [0, 0.1) is 5.82 Å². The SMILES string of the molecule is CS(=O)(=O)N1CCN(C(=O)[C@H](CCC=O)NC(=O)c2cccc(F)c2)CC1. The van der Waals surface area contributed by atoms with Gasteiger partial charge < -0.3 is 15.0 Å². The van der Waals surface area contributed by atoms with Crippen LogP contribution in [0.4, 0.5) is 4.39 Å². The molecule has 148 valence electrons. The minimum atomic E-state index is -3.32. The molecule has 1 N–H and O–H groups in total. The Morgan fingerprint density at radius 3 is 2.48 bits per heavy atom. The van der Waals surface area contributed by atoms with Gasteiger partial charge in [-0.2, -0.15) is 4.31 Å². The smallest absolute Gasteiger partial charge is 0.252 e. The van der Waals surface area contributed by atoms with E-state index in [2.05, 4.69) is 5.32 Å². The van der Waals surface area contributed by atoms with Gasteiger partial charge in [-0.25, -0.2) is 12.8 Å². The highest BCUT2D eigenvalue weighted by Crippen LogP contribution is 2.11. The first-order chi connectivity index (χ1) is 12.7. The summed E-state index contributed by atoms with van der Waals surface area (Å²) >= 11 is 0. The third kappa shape index (κ3) is 5.83. The molecule has 0 aliphatic carbocycles. The van der Waals surface area contributed by atoms with E-state index in [-0.39, 0.29) is 44.6 Å². The summed E-state index contributed by atoms with van der Waals surface area (Å²) in [5.74, 6) is -1.58. The van der Waals surface area contributed by atoms with E-state index >= 15 is 0 Å². The fourth-order valence-electron chi connectivity index (χ4n) is 2.82. The van der Waals surface area contributed by atoms with Crippen molar-refractivity contribution < 1.29 is 27.2 Å². The number of hydrogen-bond donors (Lipinski definition) is 1. The number of hydrogen-bond acceptors (Lipinski definition) is 5. The Hall–Kier alpha value is -2.33. The van der Waals surface area contributed by atoms with Crippen molar-refractivity contribution in [1.29, 1.82) is 0 Å². The van der Waals surface area contributed by atoms with Crippen molar-refractivity contribution in [3.05, 3.63) is 35.6 Å². The summed E-state index contributed by atoms with van der Waals surface area (Å²) in [6, 6.07) is 4.12. The molecular formula is C17H22FN3O5S. The summed E-state index contributed by atoms with van der Waals surface area (Å²) < 4.78 is 37.7. The van der Waals surface area contributed by atoms with Gasteiger partial charge in [0, 0.05) is 38.2 Å². The number of benzene rings is 1. The van der Waals surface area contributed by atoms with E-state index in [1.807, 2.05) is 0 Å². The number of halogens is 1. The predicted molar refractivity (Wildman–Crippen MR) is 95.9 cm³/mol. The van der Waals surface area contributed by atoms with Crippen molar-refractivity contribution in [3.63, 3.8) is 0 Å². The topological polar surface area (TPSA) is 104 Å². The summed E-state index contributed by atoms with van der Waals surface area (Å²) in [5.41, 5.74) is 0.0702. The maximum atomic E-state index is 13.3. The molecule has 0 saturated carbocycles. The highest BCUT2D eigenvalue weighted by atomic mass is 32.2. The van der Waals surface area contributed by atoms with Gasteiger partial charge in [-0.15, -0.1) is 0 Å². The molecule has 1 aliphatic heterocycles. The van der Waals surface area contributed by atoms with Crippen molar-refractivity contribution in [3.8, 4) is 0 Å². The molecule has 2 amide bonds. The standard InChI is InChI=1S/C17H22FN3O5S/c1-27(25,26)21-9-7-20(8-10-21)17(24)15(6-3-11-22)19-16(23)13-4-2-5-14(18)12-13/h2,4-5,11-12,15H,3,6-10H2,1H3,(H,19,23)/t15-/m0/s1. The molecule has 1 saturated heterocycles. The van der Waals surface area contributed by atoms with Crippen molar-refractivity contribution in [2.24, 2.45) is 0 Å². The van der Waals surface area contributed by atoms with Crippen molar-refractivity contribution in [2.75, 3.05) is 32.4 Å². The Morgan fingerprint density at radius 2 is 1.93 bits per heavy atom. The molecule has 1 atom stereocenters. The highest BCUT2D eigenvalue weighted by Gasteiger charge is 2.30. The van der Waals surface area contributed by atoms with Crippen LogP contribution in [0.2, 0.25) is 0 Å². The lowest BCUT2D eigenvalue weighted by atomic mass is 10.1. The van der Waals surface area contributed by atoms with E-state index < -0.39 is 33.7 Å². The molecule has 8 nitrogen and oxygen atoms in total. The average Bonchev–Trinajstić information content (AvgIpc) is 2.63. The fraction of sp³-hybridized carbons (Fsp3) is 0.471. The van der Waals surface area contributed by atoms with Gasteiger partial charge in [-0.05, 0) is 24.6 Å². The molecule has 1 heterocycles. The average molecular weight is 399 g/mol. The molecule has 0 bridgehead atoms. The van der Waals surface area contributed by atoms with Crippen molar-refractivity contribution in [2.45, 2.75) is 18.9 Å². The molecule has 1 aromatic carbocycles. The Kier molecular flexibility index (Phi) is 7.03. The molecule has 1 fully saturated rings. The molecule has 0 radical (unpaired) electrons. The number of nitrogens with one attached hydrogen (secondary N) is 1. The van der Waals surface area contributed by atoms with Gasteiger partial charge in [-0.3, -0.25) is 9.59 Å². The van der Waals surface area contributed by atoms with Crippen LogP contribution in [0.15, 0.2) is 24.3 Å². The first-order valence-corrected chi connectivity index (χ1v) is 10.3. The number of rotatable bonds is 7. The molecule has 27 heavy (non-hydrogen) atoms. The number of amides is 2. The Balaban J connectivity index is 2.05. The molecule has 10 heteroatoms. The zero-order chi connectivity index (χ0) is 20.0. The normalized spacial score (nSPS) is 16.6. The van der Waals surface area contributed by atoms with Crippen LogP contribution in [-0.4, -0.2) is 74.2 Å². The molecular weight excluding hydrogens is 377 g/mol. The zero-order valence-electron chi connectivity index (χ0n) is 14.9. The van der Waals surface area contributed by atoms with Crippen molar-refractivity contribution >= 4 is 28.1 Å². The van der Waals surface area contributed by atoms with Gasteiger partial charge >= 0.3 is 0 Å². The van der Waals surface area contributed by atoms with Gasteiger partial charge in [0.05, 0.1) is 6.26 Å². The number of carbonyl (C=O) groups excluding carboxylic acids is 3. The lowest BCUT2D eigenvalue weighted by Crippen LogP contribution is -2.55. The van der Waals surface area contributed by atoms with Crippen LogP contribution in [-0.2, 0) is 19.6 Å². The quantitative estimate of drug-likeness (QED) is 0.651. The van der Waals surface area contributed by atoms with Gasteiger partial charge in [-0.1, -0.05) is 6.07 Å². The summed E-state index contributed by atoms with van der Waals surface area (Å²) in [6.45, 7) is 0.726. The predicted octanol–water partition coefficient (Wildman–Crippen LogP) is 0.00700. The first kappa shape index (κ1) is 21.0. The lowest BCUT2D eigenvalue weighted by Gasteiger charge is -2.35. The van der Waals surface area contributed by atoms with Gasteiger partial charge in [0.1, 0.15) is 18.1 Å². The van der Waals surface area contributed by atoms with E-state index in [9.17, 15) is 27.2 Å². The minimum absolute atomic E-state index is 0.0702. The molecule has 0 unspecified atom stereocenters. The van der Waals surface area contributed by atoms with Crippen LogP contribution >= 0.6 is 0 Å². The number of nitrogens with zero attached hydrogens (tertiary/aromatic N) is 2. The molecule has 0 spiro atoms. The minimum Gasteiger partial charge on any atom is -0.340 e. The van der Waals surface area contributed by atoms with E-state index in [1.54, 1.807) is 0 Å². The fourth-order valence-corrected chi connectivity index (χ4v) is 3.65. The van der Waals surface area contributed by atoms with Gasteiger partial charge in [0.15, 0.2) is 0 Å². The summed E-state index contributed by atoms with van der Waals surface area (Å²) in [7, 11) is -3.32. The molecule has 1 aliphatic rings. The first-order valence-electron chi connectivity index (χ1n) is 8.46. The number of sulfonamides is 1. The number of piperazine rings is 1. The monoisotopic (exact) mass is 399 g/mol. The molecule has 0 aromatic heterocycles. The Bertz CT molecular complexity index is 807. The third-order valence-electron chi connectivity index (χ3n) is 4.28. The van der Waals surface area contributed by atoms with Crippen LogP contribution in [0.3, 0.4) is 0 Å². The maximum Gasteiger partial charge on any atom is 0.252 e. The Labute approximate surface area is 157 Å². The Morgan fingerprint density at radius 1 is 1.26 bits per heavy atom. The van der Waals surface area contributed by atoms with Crippen molar-refractivity contribution in [1.82, 2.24) is 14.5 Å². The van der Waals surface area contributed by atoms with Crippen LogP contribution < -0.4 is 5.32 Å². The van der Waals surface area contributed by atoms with Crippen LogP contribution in [0.25, 0.3) is 0 Å². The van der Waals surface area contributed by atoms with E-state index in [1.165, 1.54) is 27.4 Å². The summed E-state index contributed by atoms with van der Waals surface area (Å²) in [4.78, 5) is 37.2. The lowest BCUT2D eigenvalue weighted by molar-refractivity contribution is -0.134. The number of aldehydes is 1. The number of carbonyl (C=O) groups is 3. The maximum absolute atomic E-state index is 13.3. The zero-order valence-corrected chi connectivity index (χ0v) is 15.7. The summed E-state index contributed by atoms with van der Waals surface area (Å²) in [5, 5.41) is 2.55. The van der Waals surface area contributed by atoms with Crippen LogP contribution in [0.5, 0.6) is 0 Å². The third-order valence-corrected chi connectivity index (χ3v) is 5.59. The highest BCUT2D eigenvalue weighted by molar-refractivity contribution is 7.88. The van der Waals surface area contributed by atoms with E-state index in [0.717, 1.165) is 12.3 Å². The van der Waals surface area contributed by atoms with Gasteiger partial charge in [0.25, 0.3) is 5.91 Å². The van der Waals surface area contributed by atoms with E-state index in [0.29, 0.717) is 6.29 Å². The largest absolute Gasteiger partial charge is 0.340 e. The second kappa shape index (κ2) is 9.05. The van der Waals surface area contributed by atoms with E-state index in [4.69, 9.17) is 0 Å². The molecule has 1 aromatic rings. The molecule has 2 rings (SSSR count).